The zero-order valence-electron chi connectivity index (χ0n) is 16.4. The molecule has 8 heteroatoms. The number of hydrogen-bond donors (Lipinski definition) is 0. The first-order chi connectivity index (χ1) is 14.8. The van der Waals surface area contributed by atoms with Gasteiger partial charge in [-0.1, -0.05) is 12.1 Å². The Labute approximate surface area is 175 Å². The van der Waals surface area contributed by atoms with Crippen molar-refractivity contribution in [2.45, 2.75) is 25.1 Å². The van der Waals surface area contributed by atoms with E-state index in [9.17, 15) is 22.8 Å². The van der Waals surface area contributed by atoms with Crippen LogP contribution in [0.2, 0.25) is 0 Å². The molecule has 2 aromatic heterocycles. The normalized spacial score (nSPS) is 20.4. The molecule has 0 unspecified atom stereocenters. The van der Waals surface area contributed by atoms with Crippen molar-refractivity contribution in [2.75, 3.05) is 13.1 Å². The van der Waals surface area contributed by atoms with Crippen LogP contribution in [0.25, 0.3) is 11.1 Å². The monoisotopic (exact) mass is 428 g/mol. The Morgan fingerprint density at radius 3 is 2.61 bits per heavy atom. The maximum absolute atomic E-state index is 13.2. The average Bonchev–Trinajstić information content (AvgIpc) is 3.28. The van der Waals surface area contributed by atoms with E-state index in [1.165, 1.54) is 18.4 Å². The van der Waals surface area contributed by atoms with E-state index in [0.717, 1.165) is 24.2 Å². The lowest BCUT2D eigenvalue weighted by molar-refractivity contribution is -0.137. The highest BCUT2D eigenvalue weighted by Gasteiger charge is 2.37. The van der Waals surface area contributed by atoms with Crippen LogP contribution in [0.4, 0.5) is 13.2 Å². The molecule has 160 valence electrons. The van der Waals surface area contributed by atoms with Crippen LogP contribution in [0.1, 0.15) is 34.2 Å². The van der Waals surface area contributed by atoms with Gasteiger partial charge in [0, 0.05) is 36.8 Å². The highest BCUT2D eigenvalue weighted by Crippen LogP contribution is 2.37. The Hall–Kier alpha value is -3.29. The standard InChI is InChI=1S/C23H19F3N2O3/c24-23(25,26)17-4-1-3-15(10-17)18-6-7-19-16-9-14(12-28(19)21(18)29)11-27(13-16)22(30)20-5-2-8-31-20/h1-8,10,14,16H,9,11-13H2/t14-,16+/m0/s1. The maximum atomic E-state index is 13.2. The number of hydrogen-bond acceptors (Lipinski definition) is 3. The molecule has 5 rings (SSSR count). The molecule has 1 amide bonds. The van der Waals surface area contributed by atoms with Gasteiger partial charge >= 0.3 is 6.18 Å². The second kappa shape index (κ2) is 7.14. The molecule has 2 aliphatic heterocycles. The molecule has 5 nitrogen and oxygen atoms in total. The predicted octanol–water partition coefficient (Wildman–Crippen LogP) is 4.39. The number of furan rings is 1. The van der Waals surface area contributed by atoms with Crippen molar-refractivity contribution in [2.24, 2.45) is 5.92 Å². The van der Waals surface area contributed by atoms with Crippen molar-refractivity contribution < 1.29 is 22.4 Å². The van der Waals surface area contributed by atoms with Crippen molar-refractivity contribution in [3.63, 3.8) is 0 Å². The molecular weight excluding hydrogens is 409 g/mol. The highest BCUT2D eigenvalue weighted by molar-refractivity contribution is 5.91. The molecule has 0 N–H and O–H groups in total. The summed E-state index contributed by atoms with van der Waals surface area (Å²) in [5, 5.41) is 0. The first kappa shape index (κ1) is 19.7. The number of carbonyl (C=O) groups is 1. The molecule has 1 aromatic carbocycles. The summed E-state index contributed by atoms with van der Waals surface area (Å²) in [5.41, 5.74) is 0.237. The number of fused-ring (bicyclic) bond motifs is 4. The van der Waals surface area contributed by atoms with Crippen molar-refractivity contribution in [1.82, 2.24) is 9.47 Å². The Bertz CT molecular complexity index is 1200. The molecule has 0 saturated carbocycles. The van der Waals surface area contributed by atoms with Crippen molar-refractivity contribution >= 4 is 5.91 Å². The van der Waals surface area contributed by atoms with Crippen LogP contribution in [0.5, 0.6) is 0 Å². The quantitative estimate of drug-likeness (QED) is 0.609. The van der Waals surface area contributed by atoms with Crippen molar-refractivity contribution in [3.05, 3.63) is 82.2 Å². The van der Waals surface area contributed by atoms with Gasteiger partial charge in [-0.25, -0.2) is 0 Å². The van der Waals surface area contributed by atoms with Crippen LogP contribution >= 0.6 is 0 Å². The van der Waals surface area contributed by atoms with Crippen molar-refractivity contribution in [1.29, 1.82) is 0 Å². The van der Waals surface area contributed by atoms with Gasteiger partial charge in [0.2, 0.25) is 0 Å². The Morgan fingerprint density at radius 1 is 1.03 bits per heavy atom. The minimum absolute atomic E-state index is 0.00493. The van der Waals surface area contributed by atoms with E-state index in [1.807, 2.05) is 0 Å². The number of rotatable bonds is 2. The third-order valence-corrected chi connectivity index (χ3v) is 6.12. The lowest BCUT2D eigenvalue weighted by atomic mass is 9.82. The van der Waals surface area contributed by atoms with Gasteiger partial charge in [0.15, 0.2) is 5.76 Å². The molecule has 3 aromatic rings. The molecular formula is C23H19F3N2O3. The summed E-state index contributed by atoms with van der Waals surface area (Å²) in [6.45, 7) is 1.41. The number of pyridine rings is 1. The van der Waals surface area contributed by atoms with Gasteiger partial charge in [-0.05, 0) is 54.3 Å². The van der Waals surface area contributed by atoms with Gasteiger partial charge in [-0.2, -0.15) is 13.2 Å². The largest absolute Gasteiger partial charge is 0.459 e. The number of aromatic nitrogens is 1. The number of likely N-dealkylation sites (tertiary alicyclic amines) is 1. The fourth-order valence-corrected chi connectivity index (χ4v) is 4.75. The second-order valence-electron chi connectivity index (χ2n) is 8.15. The fourth-order valence-electron chi connectivity index (χ4n) is 4.75. The topological polar surface area (TPSA) is 55.5 Å². The summed E-state index contributed by atoms with van der Waals surface area (Å²) in [6, 6.07) is 11.5. The Balaban J connectivity index is 1.48. The number of nitrogens with zero attached hydrogens (tertiary/aromatic N) is 2. The smallest absolute Gasteiger partial charge is 0.416 e. The van der Waals surface area contributed by atoms with Gasteiger partial charge < -0.3 is 13.9 Å². The number of alkyl halides is 3. The van der Waals surface area contributed by atoms with E-state index in [1.54, 1.807) is 33.7 Å². The first-order valence-corrected chi connectivity index (χ1v) is 10.1. The third-order valence-electron chi connectivity index (χ3n) is 6.12. The lowest BCUT2D eigenvalue weighted by Crippen LogP contribution is -2.49. The van der Waals surface area contributed by atoms with Gasteiger partial charge in [-0.3, -0.25) is 9.59 Å². The van der Waals surface area contributed by atoms with E-state index in [4.69, 9.17) is 4.42 Å². The van der Waals surface area contributed by atoms with Crippen LogP contribution in [0, 0.1) is 5.92 Å². The van der Waals surface area contributed by atoms with Gasteiger partial charge in [0.05, 0.1) is 11.8 Å². The minimum Gasteiger partial charge on any atom is -0.459 e. The fraction of sp³-hybridized carbons (Fsp3) is 0.304. The first-order valence-electron chi connectivity index (χ1n) is 10.1. The predicted molar refractivity (Wildman–Crippen MR) is 107 cm³/mol. The van der Waals surface area contributed by atoms with Crippen LogP contribution in [-0.2, 0) is 12.7 Å². The number of carbonyl (C=O) groups excluding carboxylic acids is 1. The second-order valence-corrected chi connectivity index (χ2v) is 8.15. The Morgan fingerprint density at radius 2 is 1.87 bits per heavy atom. The van der Waals surface area contributed by atoms with Crippen LogP contribution in [-0.4, -0.2) is 28.5 Å². The molecule has 31 heavy (non-hydrogen) atoms. The molecule has 1 saturated heterocycles. The van der Waals surface area contributed by atoms with E-state index in [-0.39, 0.29) is 40.2 Å². The number of benzene rings is 1. The zero-order chi connectivity index (χ0) is 21.8. The van der Waals surface area contributed by atoms with E-state index in [2.05, 4.69) is 0 Å². The average molecular weight is 428 g/mol. The summed E-state index contributed by atoms with van der Waals surface area (Å²) in [5.74, 6) is 0.211. The minimum atomic E-state index is -4.47. The van der Waals surface area contributed by atoms with Crippen LogP contribution < -0.4 is 5.56 Å². The lowest BCUT2D eigenvalue weighted by Gasteiger charge is -2.42. The van der Waals surface area contributed by atoms with E-state index in [0.29, 0.717) is 19.6 Å². The van der Waals surface area contributed by atoms with Gasteiger partial charge in [-0.15, -0.1) is 0 Å². The number of piperidine rings is 1. The number of amides is 1. The molecule has 4 heterocycles. The maximum Gasteiger partial charge on any atom is 0.416 e. The summed E-state index contributed by atoms with van der Waals surface area (Å²) in [4.78, 5) is 27.6. The summed E-state index contributed by atoms with van der Waals surface area (Å²) in [6.07, 6.45) is -2.14. The summed E-state index contributed by atoms with van der Waals surface area (Å²) in [7, 11) is 0. The molecule has 2 atom stereocenters. The third kappa shape index (κ3) is 3.45. The molecule has 1 fully saturated rings. The van der Waals surface area contributed by atoms with Gasteiger partial charge in [0.25, 0.3) is 11.5 Å². The molecule has 2 bridgehead atoms. The molecule has 0 spiro atoms. The summed E-state index contributed by atoms with van der Waals surface area (Å²) < 4.78 is 46.2. The van der Waals surface area contributed by atoms with Crippen molar-refractivity contribution in [3.8, 4) is 11.1 Å². The molecule has 0 aliphatic carbocycles. The SMILES string of the molecule is O=C(c1ccco1)N1C[C@@H]2C[C@H](C1)c1ccc(-c3cccc(C(F)(F)F)c3)c(=O)n1C2. The summed E-state index contributed by atoms with van der Waals surface area (Å²) >= 11 is 0. The zero-order valence-corrected chi connectivity index (χ0v) is 16.4. The van der Waals surface area contributed by atoms with E-state index >= 15 is 0 Å². The highest BCUT2D eigenvalue weighted by atomic mass is 19.4. The van der Waals surface area contributed by atoms with Crippen LogP contribution in [0.3, 0.4) is 0 Å². The Kier molecular flexibility index (Phi) is 4.53. The molecule has 0 radical (unpaired) electrons. The van der Waals surface area contributed by atoms with E-state index < -0.39 is 11.7 Å². The van der Waals surface area contributed by atoms with Gasteiger partial charge in [0.1, 0.15) is 0 Å². The van der Waals surface area contributed by atoms with Crippen LogP contribution in [0.15, 0.2) is 64.0 Å². The number of halogens is 3. The molecule has 2 aliphatic rings.